The highest BCUT2D eigenvalue weighted by molar-refractivity contribution is 7.89. The van der Waals surface area contributed by atoms with Crippen LogP contribution in [0.3, 0.4) is 0 Å². The van der Waals surface area contributed by atoms with E-state index >= 15 is 0 Å². The summed E-state index contributed by atoms with van der Waals surface area (Å²) in [5.41, 5.74) is 3.42. The molecule has 0 unspecified atom stereocenters. The molecule has 0 aliphatic carbocycles. The predicted molar refractivity (Wildman–Crippen MR) is 114 cm³/mol. The Morgan fingerprint density at radius 1 is 1.00 bits per heavy atom. The van der Waals surface area contributed by atoms with Crippen molar-refractivity contribution in [1.29, 1.82) is 0 Å². The van der Waals surface area contributed by atoms with Gasteiger partial charge in [0.2, 0.25) is 10.0 Å². The van der Waals surface area contributed by atoms with Gasteiger partial charge in [-0.05, 0) is 43.5 Å². The molecule has 0 amide bonds. The lowest BCUT2D eigenvalue weighted by atomic mass is 10.1. The minimum absolute atomic E-state index is 0.171. The van der Waals surface area contributed by atoms with E-state index in [1.54, 1.807) is 10.4 Å². The van der Waals surface area contributed by atoms with Crippen LogP contribution in [-0.2, 0) is 14.8 Å². The van der Waals surface area contributed by atoms with Gasteiger partial charge in [-0.25, -0.2) is 8.42 Å². The molecule has 0 saturated carbocycles. The zero-order valence-electron chi connectivity index (χ0n) is 16.7. The molecule has 2 aromatic carbocycles. The third kappa shape index (κ3) is 3.12. The highest BCUT2D eigenvalue weighted by Gasteiger charge is 2.42. The standard InChI is InChI=1S/C22H27N3O3S/c1-17(18-6-3-2-4-7-18)25-21-16-19(29(26,27)23-12-14-28-15-13-23)9-10-20(21)24-11-5-8-22(24)25/h2-4,6-7,9-10,16-17,22H,5,8,11-15H2,1H3/t17-,22+/m0/s1. The fourth-order valence-corrected chi connectivity index (χ4v) is 6.32. The molecule has 6 nitrogen and oxygen atoms in total. The summed E-state index contributed by atoms with van der Waals surface area (Å²) in [7, 11) is -3.51. The topological polar surface area (TPSA) is 53.1 Å². The summed E-state index contributed by atoms with van der Waals surface area (Å²) in [5, 5.41) is 0. The molecule has 0 aromatic heterocycles. The number of benzene rings is 2. The number of ether oxygens (including phenoxy) is 1. The van der Waals surface area contributed by atoms with Crippen LogP contribution in [0.15, 0.2) is 53.4 Å². The lowest BCUT2D eigenvalue weighted by Gasteiger charge is -2.33. The van der Waals surface area contributed by atoms with Crippen molar-refractivity contribution >= 4 is 21.4 Å². The summed E-state index contributed by atoms with van der Waals surface area (Å²) in [6, 6.07) is 16.3. The molecular formula is C22H27N3O3S. The van der Waals surface area contributed by atoms with Gasteiger partial charge in [0, 0.05) is 19.6 Å². The number of morpholine rings is 1. The van der Waals surface area contributed by atoms with Gasteiger partial charge in [0.1, 0.15) is 6.17 Å². The molecular weight excluding hydrogens is 386 g/mol. The quantitative estimate of drug-likeness (QED) is 0.770. The Balaban J connectivity index is 1.55. The number of nitrogens with zero attached hydrogens (tertiary/aromatic N) is 3. The molecule has 0 spiro atoms. The number of sulfonamides is 1. The van der Waals surface area contributed by atoms with Gasteiger partial charge in [0.05, 0.1) is 35.5 Å². The van der Waals surface area contributed by atoms with Crippen LogP contribution in [0.25, 0.3) is 0 Å². The first-order valence-electron chi connectivity index (χ1n) is 10.4. The van der Waals surface area contributed by atoms with E-state index in [-0.39, 0.29) is 6.04 Å². The smallest absolute Gasteiger partial charge is 0.243 e. The first-order chi connectivity index (χ1) is 14.1. The van der Waals surface area contributed by atoms with Crippen LogP contribution in [0.1, 0.15) is 31.4 Å². The molecule has 3 aliphatic heterocycles. The second-order valence-corrected chi connectivity index (χ2v) is 9.92. The van der Waals surface area contributed by atoms with Gasteiger partial charge < -0.3 is 14.5 Å². The summed E-state index contributed by atoms with van der Waals surface area (Å²) < 4.78 is 33.3. The summed E-state index contributed by atoms with van der Waals surface area (Å²) in [5.74, 6) is 0. The summed E-state index contributed by atoms with van der Waals surface area (Å²) >= 11 is 0. The van der Waals surface area contributed by atoms with Gasteiger partial charge in [-0.3, -0.25) is 0 Å². The number of hydrogen-bond donors (Lipinski definition) is 0. The van der Waals surface area contributed by atoms with E-state index in [0.717, 1.165) is 30.8 Å². The lowest BCUT2D eigenvalue weighted by molar-refractivity contribution is 0.0730. The molecule has 0 bridgehead atoms. The van der Waals surface area contributed by atoms with Crippen LogP contribution in [0.5, 0.6) is 0 Å². The van der Waals surface area contributed by atoms with Gasteiger partial charge in [0.25, 0.3) is 0 Å². The highest BCUT2D eigenvalue weighted by Crippen LogP contribution is 2.48. The zero-order chi connectivity index (χ0) is 20.0. The number of hydrogen-bond acceptors (Lipinski definition) is 5. The van der Waals surface area contributed by atoms with Crippen LogP contribution in [0, 0.1) is 0 Å². The van der Waals surface area contributed by atoms with Crippen molar-refractivity contribution in [2.45, 2.75) is 36.9 Å². The third-order valence-electron chi connectivity index (χ3n) is 6.38. The lowest BCUT2D eigenvalue weighted by Crippen LogP contribution is -2.41. The summed E-state index contributed by atoms with van der Waals surface area (Å²) in [6.45, 7) is 4.97. The van der Waals surface area contributed by atoms with Crippen molar-refractivity contribution in [3.05, 3.63) is 54.1 Å². The molecule has 3 heterocycles. The van der Waals surface area contributed by atoms with E-state index in [9.17, 15) is 8.42 Å². The Kier molecular flexibility index (Phi) is 4.76. The minimum atomic E-state index is -3.51. The maximum Gasteiger partial charge on any atom is 0.243 e. The van der Waals surface area contributed by atoms with Gasteiger partial charge >= 0.3 is 0 Å². The molecule has 0 N–H and O–H groups in total. The van der Waals surface area contributed by atoms with Gasteiger partial charge in [-0.15, -0.1) is 0 Å². The largest absolute Gasteiger partial charge is 0.379 e. The average Bonchev–Trinajstić information content (AvgIpc) is 3.35. The Morgan fingerprint density at radius 3 is 2.52 bits per heavy atom. The van der Waals surface area contributed by atoms with Crippen molar-refractivity contribution < 1.29 is 13.2 Å². The van der Waals surface area contributed by atoms with E-state index in [4.69, 9.17) is 4.74 Å². The predicted octanol–water partition coefficient (Wildman–Crippen LogP) is 3.22. The van der Waals surface area contributed by atoms with E-state index in [2.05, 4.69) is 41.0 Å². The maximum atomic E-state index is 13.2. The summed E-state index contributed by atoms with van der Waals surface area (Å²) in [4.78, 5) is 5.22. The Bertz CT molecular complexity index is 990. The number of rotatable bonds is 4. The van der Waals surface area contributed by atoms with E-state index < -0.39 is 10.0 Å². The second-order valence-electron chi connectivity index (χ2n) is 7.98. The zero-order valence-corrected chi connectivity index (χ0v) is 17.5. The van der Waals surface area contributed by atoms with Crippen LogP contribution in [-0.4, -0.2) is 51.7 Å². The van der Waals surface area contributed by atoms with Crippen LogP contribution >= 0.6 is 0 Å². The monoisotopic (exact) mass is 413 g/mol. The van der Waals surface area contributed by atoms with Crippen molar-refractivity contribution in [3.8, 4) is 0 Å². The van der Waals surface area contributed by atoms with E-state index in [1.807, 2.05) is 18.2 Å². The molecule has 2 saturated heterocycles. The van der Waals surface area contributed by atoms with Crippen LogP contribution in [0.2, 0.25) is 0 Å². The molecule has 29 heavy (non-hydrogen) atoms. The molecule has 2 aromatic rings. The van der Waals surface area contributed by atoms with E-state index in [0.29, 0.717) is 37.4 Å². The second kappa shape index (κ2) is 7.31. The Labute approximate surface area is 172 Å². The molecule has 2 atom stereocenters. The van der Waals surface area contributed by atoms with Crippen molar-refractivity contribution in [3.63, 3.8) is 0 Å². The molecule has 3 aliphatic rings. The van der Waals surface area contributed by atoms with Crippen LogP contribution < -0.4 is 9.80 Å². The number of anilines is 2. The van der Waals surface area contributed by atoms with Crippen LogP contribution in [0.4, 0.5) is 11.4 Å². The highest BCUT2D eigenvalue weighted by atomic mass is 32.2. The van der Waals surface area contributed by atoms with E-state index in [1.165, 1.54) is 5.56 Å². The fourth-order valence-electron chi connectivity index (χ4n) is 4.89. The molecule has 0 radical (unpaired) electrons. The maximum absolute atomic E-state index is 13.2. The summed E-state index contributed by atoms with van der Waals surface area (Å²) in [6.07, 6.45) is 2.55. The van der Waals surface area contributed by atoms with Gasteiger partial charge in [-0.1, -0.05) is 30.3 Å². The average molecular weight is 414 g/mol. The minimum Gasteiger partial charge on any atom is -0.379 e. The molecule has 154 valence electrons. The first kappa shape index (κ1) is 18.9. The molecule has 2 fully saturated rings. The number of fused-ring (bicyclic) bond motifs is 3. The Hall–Kier alpha value is -2.09. The SMILES string of the molecule is C[C@@H](c1ccccc1)N1c2cc(S(=O)(=O)N3CCOCC3)ccc2N2CCC[C@H]21. The first-order valence-corrected chi connectivity index (χ1v) is 11.8. The molecule has 5 rings (SSSR count). The van der Waals surface area contributed by atoms with Crippen molar-refractivity contribution in [1.82, 2.24) is 4.31 Å². The molecule has 7 heteroatoms. The van der Waals surface area contributed by atoms with Gasteiger partial charge in [0.15, 0.2) is 0 Å². The van der Waals surface area contributed by atoms with Gasteiger partial charge in [-0.2, -0.15) is 4.31 Å². The third-order valence-corrected chi connectivity index (χ3v) is 8.28. The van der Waals surface area contributed by atoms with Crippen molar-refractivity contribution in [2.75, 3.05) is 42.6 Å². The van der Waals surface area contributed by atoms with Crippen molar-refractivity contribution in [2.24, 2.45) is 0 Å². The fraction of sp³-hybridized carbons (Fsp3) is 0.455. The normalized spacial score (nSPS) is 23.1. The Morgan fingerprint density at radius 2 is 1.76 bits per heavy atom.